The van der Waals surface area contributed by atoms with Crippen molar-refractivity contribution in [3.8, 4) is 11.4 Å². The van der Waals surface area contributed by atoms with Crippen molar-refractivity contribution in [2.24, 2.45) is 5.92 Å². The molecule has 0 saturated carbocycles. The fourth-order valence-electron chi connectivity index (χ4n) is 3.27. The Balaban J connectivity index is 2.07. The number of nitrogens with zero attached hydrogens (tertiary/aromatic N) is 4. The number of rotatable bonds is 11. The van der Waals surface area contributed by atoms with E-state index in [1.54, 1.807) is 34.6 Å². The minimum Gasteiger partial charge on any atom is -0.387 e. The number of carbonyl (C=O) groups is 1. The Morgan fingerprint density at radius 2 is 1.56 bits per heavy atom. The molecule has 0 fully saturated rings. The summed E-state index contributed by atoms with van der Waals surface area (Å²) in [6.07, 6.45) is -4.93. The van der Waals surface area contributed by atoms with Gasteiger partial charge in [0.1, 0.15) is 12.2 Å². The number of aromatic nitrogens is 4. The zero-order valence-electron chi connectivity index (χ0n) is 20.7. The standard InChI is InChI=1S/C23H35N5O6/c1-13(19(34-23(3,4)5)17(29)18(30)22(32-6)33-7)21(31)24-12-15-8-10-16(11-9-15)20-27-25-14(2)26-28-20/h8-11,13,17-19,22,29-30H,12H2,1-7H3,(H,24,31)/t13?,17?,18?,19-/m1/s1. The Morgan fingerprint density at radius 3 is 2.06 bits per heavy atom. The first kappa shape index (κ1) is 27.7. The lowest BCUT2D eigenvalue weighted by Crippen LogP contribution is -2.53. The topological polar surface area (TPSA) is 149 Å². The van der Waals surface area contributed by atoms with E-state index in [1.165, 1.54) is 14.2 Å². The number of aryl methyl sites for hydroxylation is 1. The molecule has 0 spiro atoms. The number of amides is 1. The molecule has 11 heteroatoms. The van der Waals surface area contributed by atoms with Gasteiger partial charge in [0.2, 0.25) is 11.7 Å². The summed E-state index contributed by atoms with van der Waals surface area (Å²) >= 11 is 0. The second kappa shape index (κ2) is 12.2. The molecule has 1 aromatic carbocycles. The van der Waals surface area contributed by atoms with Gasteiger partial charge in [0.05, 0.1) is 17.6 Å². The first-order valence-corrected chi connectivity index (χ1v) is 11.0. The van der Waals surface area contributed by atoms with E-state index in [0.717, 1.165) is 11.1 Å². The molecule has 0 bridgehead atoms. The van der Waals surface area contributed by atoms with Crippen LogP contribution >= 0.6 is 0 Å². The molecule has 34 heavy (non-hydrogen) atoms. The first-order valence-electron chi connectivity index (χ1n) is 11.0. The second-order valence-corrected chi connectivity index (χ2v) is 8.99. The summed E-state index contributed by atoms with van der Waals surface area (Å²) < 4.78 is 16.1. The summed E-state index contributed by atoms with van der Waals surface area (Å²) in [4.78, 5) is 12.9. The average molecular weight is 478 g/mol. The van der Waals surface area contributed by atoms with Gasteiger partial charge in [-0.05, 0) is 33.3 Å². The van der Waals surface area contributed by atoms with E-state index in [9.17, 15) is 15.0 Å². The predicted molar refractivity (Wildman–Crippen MR) is 123 cm³/mol. The minimum absolute atomic E-state index is 0.258. The molecule has 1 aromatic heterocycles. The van der Waals surface area contributed by atoms with E-state index in [1.807, 2.05) is 24.3 Å². The number of aliphatic hydroxyl groups excluding tert-OH is 2. The van der Waals surface area contributed by atoms with E-state index in [-0.39, 0.29) is 12.5 Å². The lowest BCUT2D eigenvalue weighted by Gasteiger charge is -2.37. The molecular weight excluding hydrogens is 442 g/mol. The van der Waals surface area contributed by atoms with E-state index < -0.39 is 36.1 Å². The van der Waals surface area contributed by atoms with Crippen LogP contribution in [0.4, 0.5) is 0 Å². The number of benzene rings is 1. The molecule has 3 unspecified atom stereocenters. The molecule has 1 heterocycles. The SMILES string of the molecule is COC(OC)C(O)C(O)[C@H](OC(C)(C)C)C(C)C(=O)NCc1ccc(-c2nnc(C)nn2)cc1. The summed E-state index contributed by atoms with van der Waals surface area (Å²) in [7, 11) is 2.70. The van der Waals surface area contributed by atoms with Crippen LogP contribution in [0.1, 0.15) is 39.1 Å². The van der Waals surface area contributed by atoms with Gasteiger partial charge >= 0.3 is 0 Å². The maximum atomic E-state index is 12.9. The highest BCUT2D eigenvalue weighted by atomic mass is 16.7. The fourth-order valence-corrected chi connectivity index (χ4v) is 3.27. The first-order chi connectivity index (χ1) is 16.0. The number of hydrogen-bond donors (Lipinski definition) is 3. The Morgan fingerprint density at radius 1 is 1.00 bits per heavy atom. The molecule has 0 saturated heterocycles. The molecule has 11 nitrogen and oxygen atoms in total. The van der Waals surface area contributed by atoms with Gasteiger partial charge < -0.3 is 29.7 Å². The van der Waals surface area contributed by atoms with Crippen LogP contribution in [0.3, 0.4) is 0 Å². The van der Waals surface area contributed by atoms with Gasteiger partial charge in [0.15, 0.2) is 12.1 Å². The highest BCUT2D eigenvalue weighted by Crippen LogP contribution is 2.24. The van der Waals surface area contributed by atoms with Crippen LogP contribution in [0.5, 0.6) is 0 Å². The van der Waals surface area contributed by atoms with Crippen LogP contribution in [0.2, 0.25) is 0 Å². The zero-order chi connectivity index (χ0) is 25.5. The van der Waals surface area contributed by atoms with E-state index >= 15 is 0 Å². The van der Waals surface area contributed by atoms with Crippen LogP contribution in [0.15, 0.2) is 24.3 Å². The Kier molecular flexibility index (Phi) is 9.95. The molecule has 2 aromatic rings. The summed E-state index contributed by atoms with van der Waals surface area (Å²) in [5.74, 6) is -0.222. The molecule has 3 N–H and O–H groups in total. The van der Waals surface area contributed by atoms with Crippen molar-refractivity contribution in [3.63, 3.8) is 0 Å². The number of methoxy groups -OCH3 is 2. The van der Waals surface area contributed by atoms with Crippen LogP contribution in [-0.2, 0) is 25.5 Å². The van der Waals surface area contributed by atoms with E-state index in [2.05, 4.69) is 25.7 Å². The molecule has 1 amide bonds. The van der Waals surface area contributed by atoms with Crippen molar-refractivity contribution >= 4 is 5.91 Å². The van der Waals surface area contributed by atoms with Gasteiger partial charge in [-0.25, -0.2) is 0 Å². The quantitative estimate of drug-likeness (QED) is 0.400. The highest BCUT2D eigenvalue weighted by Gasteiger charge is 2.40. The van der Waals surface area contributed by atoms with Crippen molar-refractivity contribution < 1.29 is 29.2 Å². The van der Waals surface area contributed by atoms with E-state index in [4.69, 9.17) is 14.2 Å². The van der Waals surface area contributed by atoms with Crippen molar-refractivity contribution in [2.75, 3.05) is 14.2 Å². The average Bonchev–Trinajstić information content (AvgIpc) is 2.81. The summed E-state index contributed by atoms with van der Waals surface area (Å²) in [5, 5.41) is 40.0. The van der Waals surface area contributed by atoms with Crippen LogP contribution in [0.25, 0.3) is 11.4 Å². The van der Waals surface area contributed by atoms with Crippen LogP contribution < -0.4 is 5.32 Å². The van der Waals surface area contributed by atoms with Crippen molar-refractivity contribution in [1.29, 1.82) is 0 Å². The van der Waals surface area contributed by atoms with Crippen LogP contribution in [0, 0.1) is 12.8 Å². The largest absolute Gasteiger partial charge is 0.387 e. The molecule has 188 valence electrons. The fraction of sp³-hybridized carbons (Fsp3) is 0.609. The number of nitrogens with one attached hydrogen (secondary N) is 1. The zero-order valence-corrected chi connectivity index (χ0v) is 20.7. The highest BCUT2D eigenvalue weighted by molar-refractivity contribution is 5.79. The smallest absolute Gasteiger partial charge is 0.225 e. The number of hydrogen-bond acceptors (Lipinski definition) is 10. The molecule has 4 atom stereocenters. The second-order valence-electron chi connectivity index (χ2n) is 8.99. The van der Waals surface area contributed by atoms with Gasteiger partial charge in [-0.15, -0.1) is 20.4 Å². The third-order valence-corrected chi connectivity index (χ3v) is 5.08. The molecule has 2 rings (SSSR count). The summed E-state index contributed by atoms with van der Waals surface area (Å²) in [5.41, 5.74) is 0.933. The van der Waals surface area contributed by atoms with Crippen molar-refractivity contribution in [3.05, 3.63) is 35.7 Å². The Labute approximate surface area is 199 Å². The predicted octanol–water partition coefficient (Wildman–Crippen LogP) is 1.02. The summed E-state index contributed by atoms with van der Waals surface area (Å²) in [6.45, 7) is 9.01. The monoisotopic (exact) mass is 477 g/mol. The maximum absolute atomic E-state index is 12.9. The molecular formula is C23H35N5O6. The normalized spacial score (nSPS) is 15.6. The maximum Gasteiger partial charge on any atom is 0.225 e. The summed E-state index contributed by atoms with van der Waals surface area (Å²) in [6, 6.07) is 7.32. The van der Waals surface area contributed by atoms with Gasteiger partial charge in [-0.2, -0.15) is 0 Å². The molecule has 0 aliphatic heterocycles. The third kappa shape index (κ3) is 7.74. The van der Waals surface area contributed by atoms with Crippen molar-refractivity contribution in [2.45, 2.75) is 71.4 Å². The third-order valence-electron chi connectivity index (χ3n) is 5.08. The van der Waals surface area contributed by atoms with Crippen molar-refractivity contribution in [1.82, 2.24) is 25.7 Å². The Bertz CT molecular complexity index is 900. The number of carbonyl (C=O) groups excluding carboxylic acids is 1. The molecule has 0 aliphatic carbocycles. The van der Waals surface area contributed by atoms with Gasteiger partial charge in [0, 0.05) is 26.3 Å². The molecule has 0 aliphatic rings. The van der Waals surface area contributed by atoms with Gasteiger partial charge in [-0.1, -0.05) is 31.2 Å². The van der Waals surface area contributed by atoms with E-state index in [0.29, 0.717) is 11.6 Å². The van der Waals surface area contributed by atoms with Gasteiger partial charge in [0.25, 0.3) is 0 Å². The lowest BCUT2D eigenvalue weighted by molar-refractivity contribution is -0.224. The van der Waals surface area contributed by atoms with Gasteiger partial charge in [-0.3, -0.25) is 4.79 Å². The molecule has 0 radical (unpaired) electrons. The number of ether oxygens (including phenoxy) is 3. The Hall–Kier alpha value is -2.57. The minimum atomic E-state index is -1.43. The van der Waals surface area contributed by atoms with Crippen LogP contribution in [-0.4, -0.2) is 80.9 Å². The number of aliphatic hydroxyl groups is 2. The lowest BCUT2D eigenvalue weighted by atomic mass is 9.93.